The van der Waals surface area contributed by atoms with Crippen molar-refractivity contribution in [2.75, 3.05) is 0 Å². The second kappa shape index (κ2) is 6.61. The lowest BCUT2D eigenvalue weighted by atomic mass is 10.1. The van der Waals surface area contributed by atoms with Crippen molar-refractivity contribution in [1.82, 2.24) is 0 Å². The molecule has 7 nitrogen and oxygen atoms in total. The number of benzene rings is 2. The van der Waals surface area contributed by atoms with E-state index in [4.69, 9.17) is 20.1 Å². The number of carboxylic acids is 3. The van der Waals surface area contributed by atoms with Gasteiger partial charge in [0, 0.05) is 5.56 Å². The van der Waals surface area contributed by atoms with Crippen molar-refractivity contribution in [2.45, 2.75) is 6.61 Å². The van der Waals surface area contributed by atoms with E-state index in [1.807, 2.05) is 0 Å². The monoisotopic (exact) mass is 316 g/mol. The molecule has 0 unspecified atom stereocenters. The van der Waals surface area contributed by atoms with E-state index in [2.05, 4.69) is 0 Å². The highest BCUT2D eigenvalue weighted by Gasteiger charge is 2.14. The maximum atomic E-state index is 11.1. The second-order valence-electron chi connectivity index (χ2n) is 4.61. The van der Waals surface area contributed by atoms with Crippen LogP contribution >= 0.6 is 0 Å². The molecule has 2 rings (SSSR count). The molecule has 2 aromatic rings. The molecule has 23 heavy (non-hydrogen) atoms. The van der Waals surface area contributed by atoms with Gasteiger partial charge in [-0.2, -0.15) is 0 Å². The molecule has 0 heterocycles. The summed E-state index contributed by atoms with van der Waals surface area (Å²) in [5.74, 6) is -3.66. The molecule has 0 radical (unpaired) electrons. The van der Waals surface area contributed by atoms with Crippen LogP contribution in [0.5, 0.6) is 5.75 Å². The van der Waals surface area contributed by atoms with Crippen molar-refractivity contribution in [3.8, 4) is 5.75 Å². The van der Waals surface area contributed by atoms with Gasteiger partial charge in [0.15, 0.2) is 0 Å². The van der Waals surface area contributed by atoms with Crippen molar-refractivity contribution in [3.05, 3.63) is 64.7 Å². The van der Waals surface area contributed by atoms with Gasteiger partial charge in [-0.15, -0.1) is 0 Å². The quantitative estimate of drug-likeness (QED) is 0.747. The van der Waals surface area contributed by atoms with Gasteiger partial charge in [-0.05, 0) is 24.3 Å². The minimum absolute atomic E-state index is 0.0301. The lowest BCUT2D eigenvalue weighted by Crippen LogP contribution is -2.07. The molecule has 0 aliphatic carbocycles. The minimum atomic E-state index is -1.29. The maximum Gasteiger partial charge on any atom is 0.336 e. The first-order valence-corrected chi connectivity index (χ1v) is 6.44. The van der Waals surface area contributed by atoms with Crippen LogP contribution in [0.2, 0.25) is 0 Å². The van der Waals surface area contributed by atoms with Gasteiger partial charge in [0.05, 0.1) is 16.7 Å². The Labute approximate surface area is 130 Å². The lowest BCUT2D eigenvalue weighted by Gasteiger charge is -2.10. The number of rotatable bonds is 6. The molecule has 0 amide bonds. The molecule has 0 aliphatic heterocycles. The highest BCUT2D eigenvalue weighted by atomic mass is 16.5. The van der Waals surface area contributed by atoms with Gasteiger partial charge in [0.1, 0.15) is 12.4 Å². The highest BCUT2D eigenvalue weighted by Crippen LogP contribution is 2.20. The van der Waals surface area contributed by atoms with E-state index >= 15 is 0 Å². The summed E-state index contributed by atoms with van der Waals surface area (Å²) in [4.78, 5) is 33.1. The molecule has 0 aliphatic rings. The Bertz CT molecular complexity index is 747. The van der Waals surface area contributed by atoms with E-state index < -0.39 is 17.9 Å². The third-order valence-electron chi connectivity index (χ3n) is 3.04. The van der Waals surface area contributed by atoms with Crippen LogP contribution in [0.25, 0.3) is 0 Å². The summed E-state index contributed by atoms with van der Waals surface area (Å²) < 4.78 is 5.37. The van der Waals surface area contributed by atoms with E-state index in [-0.39, 0.29) is 29.0 Å². The summed E-state index contributed by atoms with van der Waals surface area (Å²) in [6, 6.07) is 9.56. The molecule has 7 heteroatoms. The Morgan fingerprint density at radius 3 is 1.91 bits per heavy atom. The lowest BCUT2D eigenvalue weighted by molar-refractivity contribution is 0.0681. The average molecular weight is 316 g/mol. The van der Waals surface area contributed by atoms with E-state index in [9.17, 15) is 14.4 Å². The highest BCUT2D eigenvalue weighted by molar-refractivity contribution is 5.94. The van der Waals surface area contributed by atoms with Gasteiger partial charge < -0.3 is 20.1 Å². The molecule has 0 bridgehead atoms. The Morgan fingerprint density at radius 1 is 0.826 bits per heavy atom. The normalized spacial score (nSPS) is 10.1. The molecule has 3 N–H and O–H groups in total. The molecule has 0 saturated carbocycles. The van der Waals surface area contributed by atoms with E-state index in [1.54, 1.807) is 18.2 Å². The predicted octanol–water partition coefficient (Wildman–Crippen LogP) is 2.36. The first kappa shape index (κ1) is 16.0. The van der Waals surface area contributed by atoms with Gasteiger partial charge >= 0.3 is 17.9 Å². The molecule has 118 valence electrons. The number of hydrogen-bond acceptors (Lipinski definition) is 4. The van der Waals surface area contributed by atoms with Crippen LogP contribution in [-0.2, 0) is 6.61 Å². The number of carbonyl (C=O) groups is 3. The van der Waals surface area contributed by atoms with E-state index in [1.165, 1.54) is 18.2 Å². The summed E-state index contributed by atoms with van der Waals surface area (Å²) in [7, 11) is 0. The van der Waals surface area contributed by atoms with Gasteiger partial charge in [-0.25, -0.2) is 14.4 Å². The van der Waals surface area contributed by atoms with Gasteiger partial charge in [0.25, 0.3) is 0 Å². The molecule has 2 aromatic carbocycles. The summed E-state index contributed by atoms with van der Waals surface area (Å²) in [6.45, 7) is -0.134. The van der Waals surface area contributed by atoms with Crippen molar-refractivity contribution in [2.24, 2.45) is 0 Å². The number of hydrogen-bond donors (Lipinski definition) is 3. The van der Waals surface area contributed by atoms with Crippen LogP contribution in [0.4, 0.5) is 0 Å². The molecular formula is C16H12O7. The summed E-state index contributed by atoms with van der Waals surface area (Å²) in [5.41, 5.74) is -0.0178. The fraction of sp³-hybridized carbons (Fsp3) is 0.0625. The van der Waals surface area contributed by atoms with Gasteiger partial charge in [-0.3, -0.25) is 0 Å². The molecule has 0 saturated heterocycles. The standard InChI is InChI=1S/C16H12O7/c17-14(18)10-5-11(15(19)20)7-12(6-10)23-8-9-3-1-2-4-13(9)16(21)22/h1-7H,8H2,(H,17,18)(H,19,20)(H,21,22). The van der Waals surface area contributed by atoms with Crippen LogP contribution in [0.1, 0.15) is 36.6 Å². The summed E-state index contributed by atoms with van der Waals surface area (Å²) in [6.07, 6.45) is 0. The van der Waals surface area contributed by atoms with Crippen molar-refractivity contribution in [1.29, 1.82) is 0 Å². The SMILES string of the molecule is O=C(O)c1cc(OCc2ccccc2C(=O)O)cc(C(=O)O)c1. The third kappa shape index (κ3) is 3.85. The van der Waals surface area contributed by atoms with Crippen LogP contribution in [-0.4, -0.2) is 33.2 Å². The smallest absolute Gasteiger partial charge is 0.336 e. The van der Waals surface area contributed by atoms with Crippen molar-refractivity contribution < 1.29 is 34.4 Å². The molecule has 0 spiro atoms. The Kier molecular flexibility index (Phi) is 4.61. The zero-order valence-electron chi connectivity index (χ0n) is 11.7. The van der Waals surface area contributed by atoms with Crippen molar-refractivity contribution in [3.63, 3.8) is 0 Å². The zero-order chi connectivity index (χ0) is 17.0. The van der Waals surface area contributed by atoms with E-state index in [0.29, 0.717) is 5.56 Å². The maximum absolute atomic E-state index is 11.1. The Hall–Kier alpha value is -3.35. The topological polar surface area (TPSA) is 121 Å². The zero-order valence-corrected chi connectivity index (χ0v) is 11.7. The first-order valence-electron chi connectivity index (χ1n) is 6.44. The number of aromatic carboxylic acids is 3. The molecule has 0 atom stereocenters. The third-order valence-corrected chi connectivity index (χ3v) is 3.04. The molecule has 0 aromatic heterocycles. The Morgan fingerprint density at radius 2 is 1.39 bits per heavy atom. The fourth-order valence-corrected chi connectivity index (χ4v) is 1.95. The van der Waals surface area contributed by atoms with Crippen LogP contribution in [0, 0.1) is 0 Å². The van der Waals surface area contributed by atoms with Crippen LogP contribution in [0.15, 0.2) is 42.5 Å². The largest absolute Gasteiger partial charge is 0.489 e. The molecular weight excluding hydrogens is 304 g/mol. The molecule has 0 fully saturated rings. The summed E-state index contributed by atoms with van der Waals surface area (Å²) in [5, 5.41) is 27.1. The van der Waals surface area contributed by atoms with E-state index in [0.717, 1.165) is 6.07 Å². The van der Waals surface area contributed by atoms with Gasteiger partial charge in [0.2, 0.25) is 0 Å². The predicted molar refractivity (Wildman–Crippen MR) is 78.1 cm³/mol. The fourth-order valence-electron chi connectivity index (χ4n) is 1.95. The number of carboxylic acid groups (broad SMARTS) is 3. The number of ether oxygens (including phenoxy) is 1. The van der Waals surface area contributed by atoms with Crippen LogP contribution in [0.3, 0.4) is 0 Å². The minimum Gasteiger partial charge on any atom is -0.489 e. The van der Waals surface area contributed by atoms with Crippen LogP contribution < -0.4 is 4.74 Å². The van der Waals surface area contributed by atoms with Crippen molar-refractivity contribution >= 4 is 17.9 Å². The Balaban J connectivity index is 2.29. The summed E-state index contributed by atoms with van der Waals surface area (Å²) >= 11 is 0. The first-order chi connectivity index (χ1) is 10.9. The average Bonchev–Trinajstić information content (AvgIpc) is 2.52. The van der Waals surface area contributed by atoms with Gasteiger partial charge in [-0.1, -0.05) is 18.2 Å². The second-order valence-corrected chi connectivity index (χ2v) is 4.61.